The fourth-order valence-corrected chi connectivity index (χ4v) is 10.2. The Balaban J connectivity index is 1.26. The molecule has 0 saturated carbocycles. The predicted octanol–water partition coefficient (Wildman–Crippen LogP) is 7.29. The number of nitrogens with two attached hydrogens (primary N) is 1. The van der Waals surface area contributed by atoms with Crippen LogP contribution in [0, 0.1) is 28.1 Å². The number of fused-ring (bicyclic) bond motifs is 6. The van der Waals surface area contributed by atoms with Crippen LogP contribution in [0.3, 0.4) is 0 Å². The molecule has 5 heterocycles. The minimum atomic E-state index is -0.956. The van der Waals surface area contributed by atoms with Crippen LogP contribution in [0.25, 0.3) is 33.3 Å². The van der Waals surface area contributed by atoms with Gasteiger partial charge in [-0.2, -0.15) is 5.43 Å². The third kappa shape index (κ3) is 10.5. The maximum atomic E-state index is 14.7. The van der Waals surface area contributed by atoms with E-state index in [0.717, 1.165) is 62.9 Å². The number of rotatable bonds is 12. The fraction of sp³-hybridized carbons (Fsp3) is 0.529. The smallest absolute Gasteiger partial charge is 0.326 e. The Hall–Kier alpha value is -5.44. The van der Waals surface area contributed by atoms with Crippen molar-refractivity contribution in [3.05, 3.63) is 95.2 Å². The molecule has 65 heavy (non-hydrogen) atoms. The van der Waals surface area contributed by atoms with Crippen LogP contribution in [0.5, 0.6) is 0 Å². The van der Waals surface area contributed by atoms with E-state index in [2.05, 4.69) is 79.1 Å². The van der Waals surface area contributed by atoms with Gasteiger partial charge in [-0.15, -0.1) is 0 Å². The number of nitrogens with one attached hydrogen (secondary N) is 2. The summed E-state index contributed by atoms with van der Waals surface area (Å²) in [6, 6.07) is 17.4. The molecule has 4 N–H and O–H groups in total. The van der Waals surface area contributed by atoms with Gasteiger partial charge in [-0.25, -0.2) is 4.84 Å². The lowest BCUT2D eigenvalue weighted by Crippen LogP contribution is -2.61. The second-order valence-electron chi connectivity index (χ2n) is 19.4. The summed E-state index contributed by atoms with van der Waals surface area (Å²) in [4.78, 5) is 68.5. The van der Waals surface area contributed by atoms with Crippen LogP contribution in [0.4, 0.5) is 0 Å². The van der Waals surface area contributed by atoms with E-state index in [-0.39, 0.29) is 42.8 Å². The average Bonchev–Trinajstić information content (AvgIpc) is 3.91. The second kappa shape index (κ2) is 20.4. The second-order valence-corrected chi connectivity index (χ2v) is 19.4. The van der Waals surface area contributed by atoms with Crippen LogP contribution in [-0.4, -0.2) is 93.7 Å². The molecular formula is C51H69N8O6+. The van der Waals surface area contributed by atoms with Crippen molar-refractivity contribution >= 4 is 28.6 Å². The number of aryl methyl sites for hydroxylation is 1. The number of hydrazine groups is 1. The number of aromatic nitrogens is 2. The van der Waals surface area contributed by atoms with Gasteiger partial charge in [0, 0.05) is 80.3 Å². The number of amides is 3. The van der Waals surface area contributed by atoms with E-state index in [1.165, 1.54) is 11.1 Å². The molecule has 7 rings (SSSR count). The first-order chi connectivity index (χ1) is 31.1. The zero-order valence-corrected chi connectivity index (χ0v) is 39.3. The monoisotopic (exact) mass is 890 g/mol. The molecular weight excluding hydrogens is 821 g/mol. The highest BCUT2D eigenvalue weighted by molar-refractivity contribution is 5.95. The molecule has 14 nitrogen and oxygen atoms in total. The zero-order valence-electron chi connectivity index (χ0n) is 39.3. The highest BCUT2D eigenvalue weighted by Gasteiger charge is 2.41. The Labute approximate surface area is 383 Å². The summed E-state index contributed by atoms with van der Waals surface area (Å²) in [7, 11) is 1.70. The van der Waals surface area contributed by atoms with Gasteiger partial charge < -0.3 is 25.3 Å². The number of hydrogen-bond donors (Lipinski definition) is 3. The van der Waals surface area contributed by atoms with Gasteiger partial charge in [-0.1, -0.05) is 64.6 Å². The molecule has 2 aromatic heterocycles. The largest absolute Gasteiger partial charge is 0.375 e. The number of carbonyl (C=O) groups is 3. The summed E-state index contributed by atoms with van der Waals surface area (Å²) in [6.07, 6.45) is 6.21. The van der Waals surface area contributed by atoms with Crippen molar-refractivity contribution in [2.24, 2.45) is 28.9 Å². The SMILES string of the molecule is C=CC(=O)N1CCC(CC[C@H](N)[C@H](C(=O)N[C@H]2Cc3cccc(c3)-c3ccc4c(c3)c(c(-c3cccnc3[C@H](C)OC)n4CC)CC(C)(C)CO[N+](=O)[C@@H]3CCCN(N3)C2=O)C(C)C)C1. The minimum absolute atomic E-state index is 0.0651. The fourth-order valence-electron chi connectivity index (χ4n) is 10.2. The molecule has 3 amide bonds. The molecule has 2 fully saturated rings. The Morgan fingerprint density at radius 2 is 1.89 bits per heavy atom. The first-order valence-electron chi connectivity index (χ1n) is 23.5. The Morgan fingerprint density at radius 1 is 1.11 bits per heavy atom. The maximum Gasteiger partial charge on any atom is 0.326 e. The number of ether oxygens (including phenoxy) is 1. The predicted molar refractivity (Wildman–Crippen MR) is 253 cm³/mol. The van der Waals surface area contributed by atoms with Crippen molar-refractivity contribution in [3.63, 3.8) is 0 Å². The van der Waals surface area contributed by atoms with Crippen molar-refractivity contribution in [1.82, 2.24) is 30.2 Å². The van der Waals surface area contributed by atoms with E-state index in [9.17, 15) is 19.3 Å². The highest BCUT2D eigenvalue weighted by Crippen LogP contribution is 2.42. The van der Waals surface area contributed by atoms with Crippen molar-refractivity contribution in [2.45, 2.75) is 117 Å². The lowest BCUT2D eigenvalue weighted by Gasteiger charge is -2.34. The van der Waals surface area contributed by atoms with Crippen LogP contribution >= 0.6 is 0 Å². The summed E-state index contributed by atoms with van der Waals surface area (Å²) < 4.78 is 8.17. The number of nitrogens with zero attached hydrogens (tertiary/aromatic N) is 5. The number of pyridine rings is 1. The van der Waals surface area contributed by atoms with Gasteiger partial charge in [0.15, 0.2) is 6.61 Å². The van der Waals surface area contributed by atoms with E-state index < -0.39 is 29.6 Å². The molecule has 2 saturated heterocycles. The van der Waals surface area contributed by atoms with Gasteiger partial charge in [0.05, 0.1) is 28.3 Å². The highest BCUT2D eigenvalue weighted by atomic mass is 16.8. The lowest BCUT2D eigenvalue weighted by molar-refractivity contribution is -0.835. The van der Waals surface area contributed by atoms with Crippen LogP contribution in [0.1, 0.15) is 96.6 Å². The van der Waals surface area contributed by atoms with Crippen LogP contribution < -0.4 is 16.5 Å². The molecule has 348 valence electrons. The zero-order chi connectivity index (χ0) is 46.6. The molecule has 3 aliphatic heterocycles. The van der Waals surface area contributed by atoms with Crippen molar-refractivity contribution < 1.29 is 28.9 Å². The molecule has 0 aliphatic carbocycles. The number of methoxy groups -OCH3 is 1. The molecule has 6 bridgehead atoms. The normalized spacial score (nSPS) is 21.7. The van der Waals surface area contributed by atoms with Crippen LogP contribution in [0.15, 0.2) is 73.4 Å². The molecule has 3 aliphatic rings. The molecule has 0 radical (unpaired) electrons. The van der Waals surface area contributed by atoms with Gasteiger partial charge in [-0.05, 0) is 110 Å². The van der Waals surface area contributed by atoms with Gasteiger partial charge in [0.1, 0.15) is 6.04 Å². The van der Waals surface area contributed by atoms with Crippen LogP contribution in [0.2, 0.25) is 0 Å². The number of likely N-dealkylation sites (tertiary alicyclic amines) is 1. The number of carbonyl (C=O) groups excluding carboxylic acids is 3. The molecule has 14 heteroatoms. The molecule has 6 atom stereocenters. The van der Waals surface area contributed by atoms with E-state index in [1.54, 1.807) is 13.3 Å². The first kappa shape index (κ1) is 47.5. The maximum absolute atomic E-state index is 14.7. The topological polar surface area (TPSA) is 164 Å². The summed E-state index contributed by atoms with van der Waals surface area (Å²) in [5, 5.41) is 5.72. The molecule has 2 aromatic carbocycles. The third-order valence-corrected chi connectivity index (χ3v) is 13.7. The molecule has 0 spiro atoms. The Morgan fingerprint density at radius 3 is 2.63 bits per heavy atom. The summed E-state index contributed by atoms with van der Waals surface area (Å²) >= 11 is 0. The lowest BCUT2D eigenvalue weighted by atomic mass is 9.83. The van der Waals surface area contributed by atoms with E-state index in [4.69, 9.17) is 20.3 Å². The van der Waals surface area contributed by atoms with E-state index in [0.29, 0.717) is 62.7 Å². The summed E-state index contributed by atoms with van der Waals surface area (Å²) in [6.45, 7) is 18.5. The average molecular weight is 890 g/mol. The Bertz CT molecular complexity index is 2390. The Kier molecular flexibility index (Phi) is 14.9. The van der Waals surface area contributed by atoms with E-state index >= 15 is 0 Å². The standard InChI is InChI=1S/C51H68N8O6/c1-9-45(60)56-25-22-34(30-56)18-20-41(52)46(32(3)4)49(61)54-42-27-35-14-11-15-36(26-35)37-19-21-43-39(28-37)40(48(57(43)10-2)38-16-12-23-53-47(38)33(5)64-8)29-51(6,7)31-65-59(63)44-17-13-24-58(55-44)50(42)62/h9,11-12,14-16,19,21,23,26,28,32-34,41-42,44,46,55H,1,10,13,17-18,20,22,24-25,27,29-31,52H2,2-8H3/p+1/t33-,34?,41-,42-,44+,46+/m0/s1. The van der Waals surface area contributed by atoms with Gasteiger partial charge in [0.2, 0.25) is 16.7 Å². The molecule has 1 unspecified atom stereocenters. The summed E-state index contributed by atoms with van der Waals surface area (Å²) in [5.41, 5.74) is 17.5. The number of benzene rings is 2. The van der Waals surface area contributed by atoms with Gasteiger partial charge in [0.25, 0.3) is 5.91 Å². The summed E-state index contributed by atoms with van der Waals surface area (Å²) in [5.74, 6) is -1.06. The van der Waals surface area contributed by atoms with E-state index in [1.807, 2.05) is 43.9 Å². The quantitative estimate of drug-likeness (QED) is 0.124. The van der Waals surface area contributed by atoms with Crippen molar-refractivity contribution in [1.29, 1.82) is 0 Å². The van der Waals surface area contributed by atoms with Crippen LogP contribution in [-0.2, 0) is 43.3 Å². The third-order valence-electron chi connectivity index (χ3n) is 13.7. The first-order valence-corrected chi connectivity index (χ1v) is 23.5. The van der Waals surface area contributed by atoms with Gasteiger partial charge >= 0.3 is 6.17 Å². The molecule has 4 aromatic rings. The van der Waals surface area contributed by atoms with Gasteiger partial charge in [-0.3, -0.25) is 24.4 Å². The van der Waals surface area contributed by atoms with Crippen molar-refractivity contribution in [3.8, 4) is 22.4 Å². The van der Waals surface area contributed by atoms with Crippen molar-refractivity contribution in [2.75, 3.05) is 33.4 Å². The number of hydrogen-bond acceptors (Lipinski definition) is 9. The minimum Gasteiger partial charge on any atom is -0.375 e.